The molecule has 1 aromatic rings. The first-order valence-electron chi connectivity index (χ1n) is 6.49. The number of benzene rings is 1. The number of methoxy groups -OCH3 is 1. The van der Waals surface area contributed by atoms with Crippen LogP contribution in [0.25, 0.3) is 0 Å². The molecule has 6 heteroatoms. The molecule has 1 aromatic carbocycles. The summed E-state index contributed by atoms with van der Waals surface area (Å²) in [5, 5.41) is 8.80. The molecule has 0 aromatic heterocycles. The number of carboxylic acids is 1. The molecule has 0 radical (unpaired) electrons. The molecule has 1 fully saturated rings. The Hall–Kier alpha value is -1.27. The number of hydrogen-bond acceptors (Lipinski definition) is 4. The molecule has 3 N–H and O–H groups in total. The maximum absolute atomic E-state index is 10.7. The highest BCUT2D eigenvalue weighted by Gasteiger charge is 2.24. The molecular formula is C14H18BrNO4. The summed E-state index contributed by atoms with van der Waals surface area (Å²) in [7, 11) is 1.55. The SMILES string of the molecule is COc1cc(C(N)CC(=O)O)cc(Br)c1OCC1CC1. The Morgan fingerprint density at radius 3 is 2.80 bits per heavy atom. The number of carboxylic acid groups (broad SMARTS) is 1. The third-order valence-corrected chi connectivity index (χ3v) is 3.82. The van der Waals surface area contributed by atoms with Crippen LogP contribution >= 0.6 is 15.9 Å². The lowest BCUT2D eigenvalue weighted by atomic mass is 10.0. The molecule has 0 heterocycles. The van der Waals surface area contributed by atoms with Crippen LogP contribution in [0.3, 0.4) is 0 Å². The van der Waals surface area contributed by atoms with Gasteiger partial charge < -0.3 is 20.3 Å². The molecule has 5 nitrogen and oxygen atoms in total. The van der Waals surface area contributed by atoms with Gasteiger partial charge in [-0.25, -0.2) is 0 Å². The summed E-state index contributed by atoms with van der Waals surface area (Å²) >= 11 is 3.44. The van der Waals surface area contributed by atoms with Gasteiger partial charge in [0.25, 0.3) is 0 Å². The summed E-state index contributed by atoms with van der Waals surface area (Å²) in [6.45, 7) is 0.676. The molecule has 0 aliphatic heterocycles. The van der Waals surface area contributed by atoms with Gasteiger partial charge in [0.05, 0.1) is 24.6 Å². The molecule has 1 atom stereocenters. The highest BCUT2D eigenvalue weighted by molar-refractivity contribution is 9.10. The third kappa shape index (κ3) is 3.86. The molecule has 2 rings (SSSR count). The molecule has 0 amide bonds. The zero-order chi connectivity index (χ0) is 14.7. The van der Waals surface area contributed by atoms with Crippen molar-refractivity contribution in [2.75, 3.05) is 13.7 Å². The highest BCUT2D eigenvalue weighted by atomic mass is 79.9. The first kappa shape index (κ1) is 15.1. The van der Waals surface area contributed by atoms with E-state index < -0.39 is 12.0 Å². The van der Waals surface area contributed by atoms with Gasteiger partial charge in [-0.1, -0.05) is 0 Å². The van der Waals surface area contributed by atoms with Crippen LogP contribution in [-0.4, -0.2) is 24.8 Å². The Morgan fingerprint density at radius 1 is 1.55 bits per heavy atom. The lowest BCUT2D eigenvalue weighted by Gasteiger charge is -2.16. The normalized spacial score (nSPS) is 15.8. The fourth-order valence-corrected chi connectivity index (χ4v) is 2.46. The van der Waals surface area contributed by atoms with E-state index in [0.29, 0.717) is 29.6 Å². The molecule has 0 spiro atoms. The first-order chi connectivity index (χ1) is 9.51. The van der Waals surface area contributed by atoms with Gasteiger partial charge in [0.2, 0.25) is 0 Å². The molecule has 1 aliphatic rings. The van der Waals surface area contributed by atoms with Gasteiger partial charge in [0.1, 0.15) is 0 Å². The third-order valence-electron chi connectivity index (χ3n) is 3.23. The van der Waals surface area contributed by atoms with E-state index in [4.69, 9.17) is 20.3 Å². The summed E-state index contributed by atoms with van der Waals surface area (Å²) < 4.78 is 11.8. The monoisotopic (exact) mass is 343 g/mol. The van der Waals surface area contributed by atoms with Gasteiger partial charge in [-0.2, -0.15) is 0 Å². The Bertz CT molecular complexity index is 502. The minimum Gasteiger partial charge on any atom is -0.493 e. The maximum atomic E-state index is 10.7. The van der Waals surface area contributed by atoms with Crippen LogP contribution in [0.2, 0.25) is 0 Å². The van der Waals surface area contributed by atoms with Gasteiger partial charge in [0, 0.05) is 6.04 Å². The number of halogens is 1. The standard InChI is InChI=1S/C14H18BrNO4/c1-19-12-5-9(11(16)6-13(17)18)4-10(15)14(12)20-7-8-2-3-8/h4-5,8,11H,2-3,6-7,16H2,1H3,(H,17,18). The zero-order valence-corrected chi connectivity index (χ0v) is 12.9. The second kappa shape index (κ2) is 6.45. The van der Waals surface area contributed by atoms with Crippen molar-refractivity contribution in [3.63, 3.8) is 0 Å². The summed E-state index contributed by atoms with van der Waals surface area (Å²) in [5.74, 6) is 0.920. The number of carbonyl (C=O) groups is 1. The zero-order valence-electron chi connectivity index (χ0n) is 11.3. The summed E-state index contributed by atoms with van der Waals surface area (Å²) in [6.07, 6.45) is 2.29. The predicted molar refractivity (Wildman–Crippen MR) is 78.1 cm³/mol. The lowest BCUT2D eigenvalue weighted by molar-refractivity contribution is -0.137. The first-order valence-corrected chi connectivity index (χ1v) is 7.28. The van der Waals surface area contributed by atoms with Crippen molar-refractivity contribution in [1.82, 2.24) is 0 Å². The van der Waals surface area contributed by atoms with E-state index >= 15 is 0 Å². The average molecular weight is 344 g/mol. The number of hydrogen-bond donors (Lipinski definition) is 2. The van der Waals surface area contributed by atoms with E-state index in [1.54, 1.807) is 19.2 Å². The van der Waals surface area contributed by atoms with Crippen molar-refractivity contribution < 1.29 is 19.4 Å². The van der Waals surface area contributed by atoms with Crippen molar-refractivity contribution in [1.29, 1.82) is 0 Å². The fraction of sp³-hybridized carbons (Fsp3) is 0.500. The van der Waals surface area contributed by atoms with Crippen LogP contribution in [0, 0.1) is 5.92 Å². The van der Waals surface area contributed by atoms with Crippen LogP contribution in [0.5, 0.6) is 11.5 Å². The van der Waals surface area contributed by atoms with Crippen LogP contribution in [0.4, 0.5) is 0 Å². The second-order valence-corrected chi connectivity index (χ2v) is 5.85. The maximum Gasteiger partial charge on any atom is 0.305 e. The Labute approximate surface area is 126 Å². The van der Waals surface area contributed by atoms with Crippen LogP contribution in [0.1, 0.15) is 30.9 Å². The van der Waals surface area contributed by atoms with Crippen LogP contribution < -0.4 is 15.2 Å². The van der Waals surface area contributed by atoms with Crippen molar-refractivity contribution in [3.05, 3.63) is 22.2 Å². The summed E-state index contributed by atoms with van der Waals surface area (Å²) in [5.41, 5.74) is 6.58. The Balaban J connectivity index is 2.19. The van der Waals surface area contributed by atoms with Crippen molar-refractivity contribution in [2.24, 2.45) is 11.7 Å². The van der Waals surface area contributed by atoms with Crippen molar-refractivity contribution in [2.45, 2.75) is 25.3 Å². The molecule has 1 unspecified atom stereocenters. The van der Waals surface area contributed by atoms with E-state index in [1.807, 2.05) is 0 Å². The second-order valence-electron chi connectivity index (χ2n) is 4.99. The molecule has 20 heavy (non-hydrogen) atoms. The molecule has 110 valence electrons. The minimum absolute atomic E-state index is 0.127. The average Bonchev–Trinajstić information content (AvgIpc) is 3.19. The van der Waals surface area contributed by atoms with Gasteiger partial charge in [-0.3, -0.25) is 4.79 Å². The summed E-state index contributed by atoms with van der Waals surface area (Å²) in [6, 6.07) is 2.95. The lowest BCUT2D eigenvalue weighted by Crippen LogP contribution is -2.15. The molecule has 1 saturated carbocycles. The van der Waals surface area contributed by atoms with E-state index in [-0.39, 0.29) is 6.42 Å². The van der Waals surface area contributed by atoms with Crippen molar-refractivity contribution >= 4 is 21.9 Å². The highest BCUT2D eigenvalue weighted by Crippen LogP contribution is 2.40. The predicted octanol–water partition coefficient (Wildman–Crippen LogP) is 2.72. The van der Waals surface area contributed by atoms with E-state index in [2.05, 4.69) is 15.9 Å². The number of rotatable bonds is 7. The Kier molecular flexibility index (Phi) is 4.88. The number of aliphatic carboxylic acids is 1. The van der Waals surface area contributed by atoms with E-state index in [0.717, 1.165) is 4.47 Å². The minimum atomic E-state index is -0.929. The molecule has 1 aliphatic carbocycles. The van der Waals surface area contributed by atoms with Crippen molar-refractivity contribution in [3.8, 4) is 11.5 Å². The fourth-order valence-electron chi connectivity index (χ4n) is 1.89. The summed E-state index contributed by atoms with van der Waals surface area (Å²) in [4.78, 5) is 10.7. The Morgan fingerprint density at radius 2 is 2.25 bits per heavy atom. The van der Waals surface area contributed by atoms with E-state index in [9.17, 15) is 4.79 Å². The van der Waals surface area contributed by atoms with Crippen LogP contribution in [-0.2, 0) is 4.79 Å². The van der Waals surface area contributed by atoms with Gasteiger partial charge in [0.15, 0.2) is 11.5 Å². The largest absolute Gasteiger partial charge is 0.493 e. The van der Waals surface area contributed by atoms with Crippen LogP contribution in [0.15, 0.2) is 16.6 Å². The van der Waals surface area contributed by atoms with E-state index in [1.165, 1.54) is 12.8 Å². The van der Waals surface area contributed by atoms with Gasteiger partial charge >= 0.3 is 5.97 Å². The molecular weight excluding hydrogens is 326 g/mol. The molecule has 0 saturated heterocycles. The topological polar surface area (TPSA) is 81.8 Å². The number of ether oxygens (including phenoxy) is 2. The van der Waals surface area contributed by atoms with Gasteiger partial charge in [-0.15, -0.1) is 0 Å². The smallest absolute Gasteiger partial charge is 0.305 e. The van der Waals surface area contributed by atoms with Gasteiger partial charge in [-0.05, 0) is 52.4 Å². The molecule has 0 bridgehead atoms. The number of nitrogens with two attached hydrogens (primary N) is 1. The quantitative estimate of drug-likeness (QED) is 0.795.